The number of nitrogens with zero attached hydrogens (tertiary/aromatic N) is 3. The van der Waals surface area contributed by atoms with Gasteiger partial charge in [0.2, 0.25) is 5.91 Å². The largest absolute Gasteiger partial charge is 0.497 e. The summed E-state index contributed by atoms with van der Waals surface area (Å²) in [6, 6.07) is 9.64. The number of amides is 1. The number of anilines is 1. The minimum atomic E-state index is -0.122. The summed E-state index contributed by atoms with van der Waals surface area (Å²) in [6.45, 7) is 3.42. The van der Waals surface area contributed by atoms with Gasteiger partial charge in [-0.05, 0) is 31.9 Å². The first-order valence-electron chi connectivity index (χ1n) is 8.36. The molecule has 132 valence electrons. The van der Waals surface area contributed by atoms with E-state index in [1.165, 1.54) is 0 Å². The SMILES string of the molecule is COc1cccc(-c2nc(C)cc(N3CCC[C@@H](C(=O)NN)C3)n2)c1. The Morgan fingerprint density at radius 1 is 1.36 bits per heavy atom. The van der Waals surface area contributed by atoms with Gasteiger partial charge in [0.25, 0.3) is 0 Å². The van der Waals surface area contributed by atoms with E-state index in [-0.39, 0.29) is 11.8 Å². The van der Waals surface area contributed by atoms with Crippen LogP contribution in [0.2, 0.25) is 0 Å². The molecule has 2 heterocycles. The Hall–Kier alpha value is -2.67. The monoisotopic (exact) mass is 341 g/mol. The van der Waals surface area contributed by atoms with Crippen molar-refractivity contribution in [1.82, 2.24) is 15.4 Å². The third kappa shape index (κ3) is 3.88. The Morgan fingerprint density at radius 2 is 2.20 bits per heavy atom. The van der Waals surface area contributed by atoms with Crippen LogP contribution in [-0.4, -0.2) is 36.1 Å². The highest BCUT2D eigenvalue weighted by Gasteiger charge is 2.26. The molecule has 1 atom stereocenters. The molecule has 0 aliphatic carbocycles. The van der Waals surface area contributed by atoms with Gasteiger partial charge in [-0.2, -0.15) is 0 Å². The van der Waals surface area contributed by atoms with Crippen molar-refractivity contribution in [2.75, 3.05) is 25.1 Å². The quantitative estimate of drug-likeness (QED) is 0.499. The van der Waals surface area contributed by atoms with Crippen LogP contribution in [0.4, 0.5) is 5.82 Å². The second-order valence-corrected chi connectivity index (χ2v) is 6.22. The van der Waals surface area contributed by atoms with Crippen LogP contribution in [0.1, 0.15) is 18.5 Å². The van der Waals surface area contributed by atoms with Crippen LogP contribution in [0.25, 0.3) is 11.4 Å². The number of nitrogens with one attached hydrogen (secondary N) is 1. The van der Waals surface area contributed by atoms with E-state index in [9.17, 15) is 4.79 Å². The summed E-state index contributed by atoms with van der Waals surface area (Å²) in [6.07, 6.45) is 1.77. The number of carbonyl (C=O) groups excluding carboxylic acids is 1. The molecular formula is C18H23N5O2. The lowest BCUT2D eigenvalue weighted by molar-refractivity contribution is -0.125. The normalized spacial score (nSPS) is 17.2. The summed E-state index contributed by atoms with van der Waals surface area (Å²) < 4.78 is 5.28. The Balaban J connectivity index is 1.90. The van der Waals surface area contributed by atoms with E-state index in [4.69, 9.17) is 15.6 Å². The number of carbonyl (C=O) groups is 1. The van der Waals surface area contributed by atoms with Crippen LogP contribution in [-0.2, 0) is 4.79 Å². The highest BCUT2D eigenvalue weighted by atomic mass is 16.5. The summed E-state index contributed by atoms with van der Waals surface area (Å²) in [5.41, 5.74) is 4.04. The number of nitrogens with two attached hydrogens (primary N) is 1. The van der Waals surface area contributed by atoms with E-state index in [1.807, 2.05) is 37.3 Å². The molecule has 0 radical (unpaired) electrons. The minimum Gasteiger partial charge on any atom is -0.497 e. The molecule has 1 fully saturated rings. The number of aromatic nitrogens is 2. The maximum Gasteiger partial charge on any atom is 0.238 e. The number of rotatable bonds is 4. The average molecular weight is 341 g/mol. The molecule has 3 rings (SSSR count). The van der Waals surface area contributed by atoms with Crippen LogP contribution in [0.3, 0.4) is 0 Å². The summed E-state index contributed by atoms with van der Waals surface area (Å²) in [5.74, 6) is 7.30. The molecule has 0 bridgehead atoms. The fraction of sp³-hybridized carbons (Fsp3) is 0.389. The maximum absolute atomic E-state index is 11.9. The molecule has 1 amide bonds. The Morgan fingerprint density at radius 3 is 2.96 bits per heavy atom. The van der Waals surface area contributed by atoms with E-state index in [1.54, 1.807) is 7.11 Å². The number of hydrogen-bond donors (Lipinski definition) is 2. The molecule has 3 N–H and O–H groups in total. The van der Waals surface area contributed by atoms with Gasteiger partial charge in [-0.1, -0.05) is 12.1 Å². The molecule has 0 unspecified atom stereocenters. The van der Waals surface area contributed by atoms with Gasteiger partial charge in [0.15, 0.2) is 5.82 Å². The van der Waals surface area contributed by atoms with Gasteiger partial charge in [-0.15, -0.1) is 0 Å². The molecule has 25 heavy (non-hydrogen) atoms. The van der Waals surface area contributed by atoms with Gasteiger partial charge in [0.1, 0.15) is 11.6 Å². The predicted molar refractivity (Wildman–Crippen MR) is 96.0 cm³/mol. The van der Waals surface area contributed by atoms with Crippen molar-refractivity contribution in [3.63, 3.8) is 0 Å². The standard InChI is InChI=1S/C18H23N5O2/c1-12-9-16(23-8-4-6-14(11-23)18(24)22-19)21-17(20-12)13-5-3-7-15(10-13)25-2/h3,5,7,9-10,14H,4,6,8,11,19H2,1-2H3,(H,22,24)/t14-/m1/s1. The number of hydrazine groups is 1. The zero-order chi connectivity index (χ0) is 17.8. The number of piperidine rings is 1. The molecule has 0 saturated carbocycles. The number of hydrogen-bond acceptors (Lipinski definition) is 6. The van der Waals surface area contributed by atoms with Crippen molar-refractivity contribution < 1.29 is 9.53 Å². The fourth-order valence-electron chi connectivity index (χ4n) is 3.12. The molecule has 7 heteroatoms. The van der Waals surface area contributed by atoms with Crippen molar-refractivity contribution in [2.24, 2.45) is 11.8 Å². The smallest absolute Gasteiger partial charge is 0.238 e. The van der Waals surface area contributed by atoms with Crippen LogP contribution >= 0.6 is 0 Å². The van der Waals surface area contributed by atoms with Crippen molar-refractivity contribution in [3.8, 4) is 17.1 Å². The third-order valence-corrected chi connectivity index (χ3v) is 4.43. The van der Waals surface area contributed by atoms with Gasteiger partial charge in [-0.25, -0.2) is 15.8 Å². The van der Waals surface area contributed by atoms with Crippen molar-refractivity contribution in [1.29, 1.82) is 0 Å². The maximum atomic E-state index is 11.9. The van der Waals surface area contributed by atoms with Crippen LogP contribution in [0, 0.1) is 12.8 Å². The number of ether oxygens (including phenoxy) is 1. The molecule has 7 nitrogen and oxygen atoms in total. The van der Waals surface area contributed by atoms with E-state index in [0.29, 0.717) is 12.4 Å². The molecule has 1 aromatic heterocycles. The van der Waals surface area contributed by atoms with E-state index < -0.39 is 0 Å². The lowest BCUT2D eigenvalue weighted by Crippen LogP contribution is -2.45. The first-order chi connectivity index (χ1) is 12.1. The second kappa shape index (κ2) is 7.48. The van der Waals surface area contributed by atoms with E-state index >= 15 is 0 Å². The van der Waals surface area contributed by atoms with Crippen molar-refractivity contribution in [3.05, 3.63) is 36.0 Å². The molecular weight excluding hydrogens is 318 g/mol. The molecule has 0 spiro atoms. The predicted octanol–water partition coefficient (Wildman–Crippen LogP) is 1.67. The van der Waals surface area contributed by atoms with Crippen molar-refractivity contribution >= 4 is 11.7 Å². The van der Waals surface area contributed by atoms with Gasteiger partial charge >= 0.3 is 0 Å². The zero-order valence-electron chi connectivity index (χ0n) is 14.5. The zero-order valence-corrected chi connectivity index (χ0v) is 14.5. The van der Waals surface area contributed by atoms with Gasteiger partial charge in [-0.3, -0.25) is 10.2 Å². The summed E-state index contributed by atoms with van der Waals surface area (Å²) in [7, 11) is 1.64. The topological polar surface area (TPSA) is 93.4 Å². The minimum absolute atomic E-state index is 0.116. The number of methoxy groups -OCH3 is 1. The Bertz CT molecular complexity index is 765. The molecule has 1 aliphatic heterocycles. The molecule has 1 saturated heterocycles. The third-order valence-electron chi connectivity index (χ3n) is 4.43. The van der Waals surface area contributed by atoms with Gasteiger partial charge in [0.05, 0.1) is 13.0 Å². The van der Waals surface area contributed by atoms with E-state index in [0.717, 1.165) is 42.2 Å². The fourth-order valence-corrected chi connectivity index (χ4v) is 3.12. The summed E-state index contributed by atoms with van der Waals surface area (Å²) >= 11 is 0. The summed E-state index contributed by atoms with van der Waals surface area (Å²) in [5, 5.41) is 0. The first kappa shape index (κ1) is 17.2. The summed E-state index contributed by atoms with van der Waals surface area (Å²) in [4.78, 5) is 23.3. The van der Waals surface area contributed by atoms with Gasteiger partial charge < -0.3 is 9.64 Å². The lowest BCUT2D eigenvalue weighted by Gasteiger charge is -2.32. The second-order valence-electron chi connectivity index (χ2n) is 6.22. The highest BCUT2D eigenvalue weighted by molar-refractivity contribution is 5.79. The Kier molecular flexibility index (Phi) is 5.14. The number of benzene rings is 1. The number of aryl methyl sites for hydroxylation is 1. The van der Waals surface area contributed by atoms with Crippen LogP contribution in [0.15, 0.2) is 30.3 Å². The van der Waals surface area contributed by atoms with Crippen molar-refractivity contribution in [2.45, 2.75) is 19.8 Å². The molecule has 2 aromatic rings. The highest BCUT2D eigenvalue weighted by Crippen LogP contribution is 2.26. The molecule has 1 aliphatic rings. The Labute approximate surface area is 147 Å². The lowest BCUT2D eigenvalue weighted by atomic mass is 9.97. The van der Waals surface area contributed by atoms with Crippen LogP contribution < -0.4 is 20.9 Å². The first-order valence-corrected chi connectivity index (χ1v) is 8.36. The average Bonchev–Trinajstić information content (AvgIpc) is 2.67. The van der Waals surface area contributed by atoms with E-state index in [2.05, 4.69) is 15.3 Å². The molecule has 1 aromatic carbocycles. The van der Waals surface area contributed by atoms with Crippen LogP contribution in [0.5, 0.6) is 5.75 Å². The van der Waals surface area contributed by atoms with Gasteiger partial charge in [0, 0.05) is 30.4 Å².